The van der Waals surface area contributed by atoms with Gasteiger partial charge in [-0.15, -0.1) is 0 Å². The third-order valence-corrected chi connectivity index (χ3v) is 4.07. The van der Waals surface area contributed by atoms with Crippen molar-refractivity contribution < 1.29 is 14.7 Å². The molecule has 0 saturated carbocycles. The van der Waals surface area contributed by atoms with Gasteiger partial charge in [-0.3, -0.25) is 9.59 Å². The number of aliphatic carboxylic acids is 1. The molecule has 0 bridgehead atoms. The topological polar surface area (TPSA) is 82.2 Å². The molecule has 122 valence electrons. The molecule has 2 aromatic carbocycles. The fourth-order valence-electron chi connectivity index (χ4n) is 2.82. The molecule has 0 fully saturated rings. The summed E-state index contributed by atoms with van der Waals surface area (Å²) in [4.78, 5) is 26.8. The fourth-order valence-corrected chi connectivity index (χ4v) is 2.82. The van der Waals surface area contributed by atoms with E-state index in [2.05, 4.69) is 10.3 Å². The van der Waals surface area contributed by atoms with E-state index in [9.17, 15) is 14.7 Å². The lowest BCUT2D eigenvalue weighted by atomic mass is 9.98. The maximum absolute atomic E-state index is 12.6. The minimum Gasteiger partial charge on any atom is -0.481 e. The second-order valence-electron chi connectivity index (χ2n) is 5.76. The summed E-state index contributed by atoms with van der Waals surface area (Å²) in [6, 6.07) is 14.2. The molecule has 0 unspecified atom stereocenters. The van der Waals surface area contributed by atoms with Gasteiger partial charge in [0, 0.05) is 17.3 Å². The molecule has 1 heterocycles. The number of carbonyl (C=O) groups excluding carboxylic acids is 1. The molecule has 0 aliphatic carbocycles. The standard InChI is InChI=1S/C19H18N2O3/c1-12-4-2-3-5-15(12)17(11-18(22)23)21-19(24)14-7-6-13-8-9-20-16(13)10-14/h2-10,17,20H,11H2,1H3,(H,21,24)(H,22,23)/t17-/m1/s1. The highest BCUT2D eigenvalue weighted by Crippen LogP contribution is 2.22. The van der Waals surface area contributed by atoms with Gasteiger partial charge in [0.25, 0.3) is 5.91 Å². The molecule has 1 aromatic heterocycles. The molecule has 0 aliphatic rings. The van der Waals surface area contributed by atoms with Gasteiger partial charge < -0.3 is 15.4 Å². The fraction of sp³-hybridized carbons (Fsp3) is 0.158. The molecule has 0 saturated heterocycles. The number of nitrogens with one attached hydrogen (secondary N) is 2. The molecule has 5 nitrogen and oxygen atoms in total. The SMILES string of the molecule is Cc1ccccc1[C@@H](CC(=O)O)NC(=O)c1ccc2cc[nH]c2c1. The van der Waals surface area contributed by atoms with Crippen molar-refractivity contribution in [3.8, 4) is 0 Å². The molecular formula is C19H18N2O3. The van der Waals surface area contributed by atoms with Gasteiger partial charge in [-0.25, -0.2) is 0 Å². The van der Waals surface area contributed by atoms with E-state index in [1.807, 2.05) is 49.5 Å². The number of hydrogen-bond donors (Lipinski definition) is 3. The molecule has 1 atom stereocenters. The van der Waals surface area contributed by atoms with Crippen molar-refractivity contribution in [1.82, 2.24) is 10.3 Å². The van der Waals surface area contributed by atoms with Crippen molar-refractivity contribution in [2.24, 2.45) is 0 Å². The van der Waals surface area contributed by atoms with Gasteiger partial charge in [-0.05, 0) is 41.6 Å². The Labute approximate surface area is 139 Å². The molecule has 0 radical (unpaired) electrons. The normalized spacial score (nSPS) is 12.0. The van der Waals surface area contributed by atoms with Gasteiger partial charge in [0.1, 0.15) is 0 Å². The number of hydrogen-bond acceptors (Lipinski definition) is 2. The van der Waals surface area contributed by atoms with E-state index in [-0.39, 0.29) is 12.3 Å². The zero-order valence-electron chi connectivity index (χ0n) is 13.2. The Kier molecular flexibility index (Phi) is 4.33. The third kappa shape index (κ3) is 3.30. The van der Waals surface area contributed by atoms with Crippen LogP contribution in [0, 0.1) is 6.92 Å². The summed E-state index contributed by atoms with van der Waals surface area (Å²) < 4.78 is 0. The van der Waals surface area contributed by atoms with E-state index >= 15 is 0 Å². The molecule has 1 amide bonds. The number of H-pyrrole nitrogens is 1. The smallest absolute Gasteiger partial charge is 0.305 e. The van der Waals surface area contributed by atoms with Gasteiger partial charge >= 0.3 is 5.97 Å². The summed E-state index contributed by atoms with van der Waals surface area (Å²) >= 11 is 0. The molecule has 3 N–H and O–H groups in total. The third-order valence-electron chi connectivity index (χ3n) is 4.07. The Hall–Kier alpha value is -3.08. The minimum atomic E-state index is -0.955. The Morgan fingerprint density at radius 1 is 1.17 bits per heavy atom. The zero-order chi connectivity index (χ0) is 17.1. The number of benzene rings is 2. The van der Waals surface area contributed by atoms with Crippen LogP contribution in [0.15, 0.2) is 54.7 Å². The van der Waals surface area contributed by atoms with Crippen LogP contribution in [0.3, 0.4) is 0 Å². The van der Waals surface area contributed by atoms with E-state index in [0.717, 1.165) is 22.0 Å². The second kappa shape index (κ2) is 6.58. The maximum atomic E-state index is 12.6. The quantitative estimate of drug-likeness (QED) is 0.673. The van der Waals surface area contributed by atoms with Crippen LogP contribution in [0.2, 0.25) is 0 Å². The van der Waals surface area contributed by atoms with Crippen LogP contribution >= 0.6 is 0 Å². The predicted molar refractivity (Wildman–Crippen MR) is 91.9 cm³/mol. The van der Waals surface area contributed by atoms with Crippen molar-refractivity contribution >= 4 is 22.8 Å². The highest BCUT2D eigenvalue weighted by molar-refractivity contribution is 5.98. The number of amides is 1. The van der Waals surface area contributed by atoms with Crippen molar-refractivity contribution in [3.63, 3.8) is 0 Å². The largest absolute Gasteiger partial charge is 0.481 e. The molecule has 3 aromatic rings. The number of rotatable bonds is 5. The first-order valence-corrected chi connectivity index (χ1v) is 7.70. The summed E-state index contributed by atoms with van der Waals surface area (Å²) in [5, 5.41) is 13.0. The summed E-state index contributed by atoms with van der Waals surface area (Å²) in [6.07, 6.45) is 1.65. The number of carbonyl (C=O) groups is 2. The first-order valence-electron chi connectivity index (χ1n) is 7.70. The average Bonchev–Trinajstić information content (AvgIpc) is 3.01. The number of aryl methyl sites for hydroxylation is 1. The minimum absolute atomic E-state index is 0.165. The zero-order valence-corrected chi connectivity index (χ0v) is 13.2. The van der Waals surface area contributed by atoms with Crippen LogP contribution < -0.4 is 5.32 Å². The van der Waals surface area contributed by atoms with Crippen LogP contribution in [0.25, 0.3) is 10.9 Å². The van der Waals surface area contributed by atoms with Crippen LogP contribution in [0.5, 0.6) is 0 Å². The van der Waals surface area contributed by atoms with E-state index in [4.69, 9.17) is 0 Å². The van der Waals surface area contributed by atoms with Crippen LogP contribution in [-0.2, 0) is 4.79 Å². The molecule has 3 rings (SSSR count). The van der Waals surface area contributed by atoms with Gasteiger partial charge in [0.05, 0.1) is 12.5 Å². The lowest BCUT2D eigenvalue weighted by Crippen LogP contribution is -2.30. The van der Waals surface area contributed by atoms with Gasteiger partial charge in [-0.2, -0.15) is 0 Å². The predicted octanol–water partition coefficient (Wildman–Crippen LogP) is 3.42. The van der Waals surface area contributed by atoms with E-state index in [0.29, 0.717) is 5.56 Å². The first-order chi connectivity index (χ1) is 11.5. The molecule has 5 heteroatoms. The lowest BCUT2D eigenvalue weighted by Gasteiger charge is -2.19. The summed E-state index contributed by atoms with van der Waals surface area (Å²) in [6.45, 7) is 1.90. The van der Waals surface area contributed by atoms with Crippen molar-refractivity contribution in [2.75, 3.05) is 0 Å². The average molecular weight is 322 g/mol. The van der Waals surface area contributed by atoms with Crippen molar-refractivity contribution in [3.05, 3.63) is 71.4 Å². The number of aromatic nitrogens is 1. The van der Waals surface area contributed by atoms with Crippen molar-refractivity contribution in [2.45, 2.75) is 19.4 Å². The van der Waals surface area contributed by atoms with E-state index < -0.39 is 12.0 Å². The number of carboxylic acids is 1. The first kappa shape index (κ1) is 15.8. The Balaban J connectivity index is 1.87. The van der Waals surface area contributed by atoms with Crippen molar-refractivity contribution in [1.29, 1.82) is 0 Å². The number of fused-ring (bicyclic) bond motifs is 1. The second-order valence-corrected chi connectivity index (χ2v) is 5.76. The Morgan fingerprint density at radius 2 is 1.96 bits per heavy atom. The molecule has 0 spiro atoms. The van der Waals surface area contributed by atoms with E-state index in [1.54, 1.807) is 12.1 Å². The van der Waals surface area contributed by atoms with Gasteiger partial charge in [-0.1, -0.05) is 30.3 Å². The highest BCUT2D eigenvalue weighted by Gasteiger charge is 2.20. The number of aromatic amines is 1. The summed E-state index contributed by atoms with van der Waals surface area (Å²) in [5.74, 6) is -1.25. The monoisotopic (exact) mass is 322 g/mol. The molecular weight excluding hydrogens is 304 g/mol. The highest BCUT2D eigenvalue weighted by atomic mass is 16.4. The lowest BCUT2D eigenvalue weighted by molar-refractivity contribution is -0.137. The summed E-state index contributed by atoms with van der Waals surface area (Å²) in [7, 11) is 0. The Morgan fingerprint density at radius 3 is 2.71 bits per heavy atom. The van der Waals surface area contributed by atoms with Crippen LogP contribution in [0.4, 0.5) is 0 Å². The van der Waals surface area contributed by atoms with Crippen LogP contribution in [0.1, 0.15) is 33.9 Å². The van der Waals surface area contributed by atoms with Gasteiger partial charge in [0.2, 0.25) is 0 Å². The Bertz CT molecular complexity index is 898. The van der Waals surface area contributed by atoms with Crippen LogP contribution in [-0.4, -0.2) is 22.0 Å². The molecule has 0 aliphatic heterocycles. The van der Waals surface area contributed by atoms with Gasteiger partial charge in [0.15, 0.2) is 0 Å². The maximum Gasteiger partial charge on any atom is 0.305 e. The molecule has 24 heavy (non-hydrogen) atoms. The van der Waals surface area contributed by atoms with E-state index in [1.165, 1.54) is 0 Å². The summed E-state index contributed by atoms with van der Waals surface area (Å²) in [5.41, 5.74) is 3.13. The number of carboxylic acid groups (broad SMARTS) is 1.